The van der Waals surface area contributed by atoms with Crippen LogP contribution in [0.25, 0.3) is 0 Å². The van der Waals surface area contributed by atoms with Crippen molar-refractivity contribution in [2.24, 2.45) is 0 Å². The summed E-state index contributed by atoms with van der Waals surface area (Å²) in [5.74, 6) is -3.74. The van der Waals surface area contributed by atoms with E-state index in [0.29, 0.717) is 38.4 Å². The molecule has 1 aromatic carbocycles. The van der Waals surface area contributed by atoms with Gasteiger partial charge in [-0.15, -0.1) is 0 Å². The number of carbonyl (C=O) groups is 2. The molecule has 2 aromatic rings. The average molecular weight is 488 g/mol. The Bertz CT molecular complexity index is 1290. The molecule has 0 radical (unpaired) electrons. The smallest absolute Gasteiger partial charge is 0.274 e. The lowest BCUT2D eigenvalue weighted by Gasteiger charge is -2.41. The average Bonchev–Trinajstić information content (AvgIpc) is 3.01. The van der Waals surface area contributed by atoms with Gasteiger partial charge in [-0.1, -0.05) is 6.07 Å². The van der Waals surface area contributed by atoms with Crippen molar-refractivity contribution >= 4 is 11.8 Å². The van der Waals surface area contributed by atoms with Crippen LogP contribution < -0.4 is 16.2 Å². The molecule has 2 atom stereocenters. The molecule has 3 N–H and O–H groups in total. The Labute approximate surface area is 199 Å². The van der Waals surface area contributed by atoms with E-state index in [9.17, 15) is 28.3 Å². The molecule has 0 aliphatic carbocycles. The van der Waals surface area contributed by atoms with E-state index in [-0.39, 0.29) is 28.9 Å². The summed E-state index contributed by atoms with van der Waals surface area (Å²) < 4.78 is 28.6. The summed E-state index contributed by atoms with van der Waals surface area (Å²) in [6, 6.07) is 2.49. The minimum absolute atomic E-state index is 0.0308. The normalized spacial score (nSPS) is 24.9. The SMILES string of the molecule is CC1(C)CC2(CCCN3CC2n2cc(C(=O)NCc4ccc(F)cc4F)c(=O)c(O)c2C3=O)ON1. The van der Waals surface area contributed by atoms with Crippen LogP contribution in [0, 0.1) is 11.6 Å². The summed E-state index contributed by atoms with van der Waals surface area (Å²) in [6.07, 6.45) is 3.20. The quantitative estimate of drug-likeness (QED) is 0.609. The van der Waals surface area contributed by atoms with Crippen molar-refractivity contribution < 1.29 is 28.3 Å². The van der Waals surface area contributed by atoms with Crippen LogP contribution in [-0.2, 0) is 11.4 Å². The highest BCUT2D eigenvalue weighted by Gasteiger charge is 2.55. The first-order chi connectivity index (χ1) is 16.5. The van der Waals surface area contributed by atoms with Gasteiger partial charge in [-0.05, 0) is 32.8 Å². The summed E-state index contributed by atoms with van der Waals surface area (Å²) in [5.41, 5.74) is 0.464. The number of nitrogens with zero attached hydrogens (tertiary/aromatic N) is 2. The van der Waals surface area contributed by atoms with Crippen LogP contribution in [0.3, 0.4) is 0 Å². The summed E-state index contributed by atoms with van der Waals surface area (Å²) in [5, 5.41) is 13.2. The fourth-order valence-corrected chi connectivity index (χ4v) is 5.44. The predicted molar refractivity (Wildman–Crippen MR) is 120 cm³/mol. The highest BCUT2D eigenvalue weighted by molar-refractivity contribution is 5.99. The van der Waals surface area contributed by atoms with Crippen LogP contribution >= 0.6 is 0 Å². The van der Waals surface area contributed by atoms with E-state index in [1.165, 1.54) is 16.8 Å². The van der Waals surface area contributed by atoms with Gasteiger partial charge < -0.3 is 19.9 Å². The Morgan fingerprint density at radius 3 is 2.77 bits per heavy atom. The monoisotopic (exact) mass is 488 g/mol. The maximum absolute atomic E-state index is 14.0. The predicted octanol–water partition coefficient (Wildman–Crippen LogP) is 2.00. The summed E-state index contributed by atoms with van der Waals surface area (Å²) in [4.78, 5) is 46.7. The van der Waals surface area contributed by atoms with Gasteiger partial charge in [0, 0.05) is 49.4 Å². The number of fused-ring (bicyclic) bond motifs is 5. The molecule has 186 valence electrons. The second-order valence-corrected chi connectivity index (χ2v) is 10.1. The third-order valence-electron chi connectivity index (χ3n) is 7.04. The molecule has 35 heavy (non-hydrogen) atoms. The Morgan fingerprint density at radius 1 is 1.31 bits per heavy atom. The van der Waals surface area contributed by atoms with Crippen LogP contribution in [0.5, 0.6) is 5.75 Å². The van der Waals surface area contributed by atoms with Gasteiger partial charge in [-0.3, -0.25) is 19.2 Å². The van der Waals surface area contributed by atoms with Gasteiger partial charge in [0.25, 0.3) is 11.8 Å². The molecule has 2 amide bonds. The second-order valence-electron chi connectivity index (χ2n) is 10.1. The highest BCUT2D eigenvalue weighted by Crippen LogP contribution is 2.47. The molecule has 2 bridgehead atoms. The van der Waals surface area contributed by atoms with E-state index in [1.54, 1.807) is 4.90 Å². The van der Waals surface area contributed by atoms with Gasteiger partial charge in [0.15, 0.2) is 11.4 Å². The topological polar surface area (TPSA) is 113 Å². The Balaban J connectivity index is 1.54. The number of rotatable bonds is 3. The van der Waals surface area contributed by atoms with Crippen molar-refractivity contribution in [1.82, 2.24) is 20.3 Å². The van der Waals surface area contributed by atoms with Gasteiger partial charge in [-0.25, -0.2) is 8.78 Å². The zero-order valence-electron chi connectivity index (χ0n) is 19.4. The lowest BCUT2D eigenvalue weighted by molar-refractivity contribution is -0.0958. The summed E-state index contributed by atoms with van der Waals surface area (Å²) >= 11 is 0. The fourth-order valence-electron chi connectivity index (χ4n) is 5.44. The third kappa shape index (κ3) is 3.88. The number of aromatic nitrogens is 1. The van der Waals surface area contributed by atoms with E-state index in [4.69, 9.17) is 4.84 Å². The van der Waals surface area contributed by atoms with Crippen LogP contribution in [-0.4, -0.2) is 50.6 Å². The van der Waals surface area contributed by atoms with Crippen molar-refractivity contribution in [3.05, 3.63) is 63.1 Å². The van der Waals surface area contributed by atoms with Gasteiger partial charge in [-0.2, -0.15) is 5.48 Å². The second kappa shape index (κ2) is 8.13. The minimum Gasteiger partial charge on any atom is -0.503 e. The Kier molecular flexibility index (Phi) is 5.44. The number of pyridine rings is 1. The fraction of sp³-hybridized carbons (Fsp3) is 0.458. The molecule has 11 heteroatoms. The molecular formula is C24H26F2N4O5. The van der Waals surface area contributed by atoms with E-state index < -0.39 is 46.3 Å². The highest BCUT2D eigenvalue weighted by atomic mass is 19.1. The molecular weight excluding hydrogens is 462 g/mol. The number of aromatic hydroxyl groups is 1. The van der Waals surface area contributed by atoms with Crippen LogP contribution in [0.15, 0.2) is 29.2 Å². The maximum Gasteiger partial charge on any atom is 0.274 e. The molecule has 1 spiro atoms. The molecule has 4 heterocycles. The summed E-state index contributed by atoms with van der Waals surface area (Å²) in [7, 11) is 0. The van der Waals surface area contributed by atoms with Crippen LogP contribution in [0.1, 0.15) is 65.6 Å². The van der Waals surface area contributed by atoms with Crippen molar-refractivity contribution in [3.8, 4) is 5.75 Å². The van der Waals surface area contributed by atoms with Gasteiger partial charge in [0.1, 0.15) is 22.8 Å². The standard InChI is InChI=1S/C24H26F2N4O5/c1-23(2)12-24(35-28-23)6-3-7-29-11-17(24)30-10-15(19(31)20(32)18(30)22(29)34)21(33)27-9-13-4-5-14(25)8-16(13)26/h4-5,8,10,17,28,32H,3,6-7,9,11-12H2,1-2H3,(H,27,33). The van der Waals surface area contributed by atoms with Crippen molar-refractivity contribution in [1.29, 1.82) is 0 Å². The van der Waals surface area contributed by atoms with E-state index in [0.717, 1.165) is 6.07 Å². The molecule has 2 fully saturated rings. The lowest BCUT2D eigenvalue weighted by atomic mass is 9.80. The van der Waals surface area contributed by atoms with Crippen molar-refractivity contribution in [3.63, 3.8) is 0 Å². The first kappa shape index (κ1) is 23.4. The zero-order valence-corrected chi connectivity index (χ0v) is 19.4. The van der Waals surface area contributed by atoms with Crippen molar-refractivity contribution in [2.75, 3.05) is 13.1 Å². The lowest BCUT2D eigenvalue weighted by Crippen LogP contribution is -2.51. The third-order valence-corrected chi connectivity index (χ3v) is 7.04. The first-order valence-electron chi connectivity index (χ1n) is 11.5. The van der Waals surface area contributed by atoms with E-state index >= 15 is 0 Å². The van der Waals surface area contributed by atoms with Gasteiger partial charge in [0.05, 0.1) is 6.04 Å². The van der Waals surface area contributed by atoms with Gasteiger partial charge in [0.2, 0.25) is 5.43 Å². The first-order valence-corrected chi connectivity index (χ1v) is 11.5. The number of hydrogen-bond donors (Lipinski definition) is 3. The van der Waals surface area contributed by atoms with Crippen molar-refractivity contribution in [2.45, 2.75) is 56.8 Å². The number of hydroxylamine groups is 1. The molecule has 0 saturated carbocycles. The molecule has 2 unspecified atom stereocenters. The van der Waals surface area contributed by atoms with E-state index in [1.807, 2.05) is 13.8 Å². The van der Waals surface area contributed by atoms with Crippen LogP contribution in [0.4, 0.5) is 8.78 Å². The molecule has 5 rings (SSSR count). The molecule has 2 saturated heterocycles. The Hall–Kier alpha value is -3.31. The molecule has 3 aliphatic heterocycles. The minimum atomic E-state index is -0.999. The maximum atomic E-state index is 14.0. The number of amides is 2. The molecule has 9 nitrogen and oxygen atoms in total. The number of hydrogen-bond acceptors (Lipinski definition) is 6. The summed E-state index contributed by atoms with van der Waals surface area (Å²) in [6.45, 7) is 4.45. The largest absolute Gasteiger partial charge is 0.503 e. The van der Waals surface area contributed by atoms with Crippen LogP contribution in [0.2, 0.25) is 0 Å². The number of carbonyl (C=O) groups excluding carboxylic acids is 2. The van der Waals surface area contributed by atoms with E-state index in [2.05, 4.69) is 10.8 Å². The Morgan fingerprint density at radius 2 is 2.09 bits per heavy atom. The number of benzene rings is 1. The number of nitrogens with one attached hydrogen (secondary N) is 2. The zero-order chi connectivity index (χ0) is 25.1. The van der Waals surface area contributed by atoms with Gasteiger partial charge >= 0.3 is 0 Å². The number of halogens is 2. The molecule has 3 aliphatic rings. The molecule has 1 aromatic heterocycles.